The Bertz CT molecular complexity index is 591. The van der Waals surface area contributed by atoms with Crippen LogP contribution in [0.2, 0.25) is 0 Å². The Labute approximate surface area is 158 Å². The molecule has 25 heavy (non-hydrogen) atoms. The molecule has 0 spiro atoms. The van der Waals surface area contributed by atoms with Crippen molar-refractivity contribution >= 4 is 12.4 Å². The van der Waals surface area contributed by atoms with Gasteiger partial charge >= 0.3 is 0 Å². The van der Waals surface area contributed by atoms with E-state index >= 15 is 0 Å². The SMILES string of the molecule is COc1ccc(CCN2CCC(CCc3ccccc3)CC2)cc1.Cl. The number of ether oxygens (including phenoxy) is 1. The molecule has 1 aliphatic rings. The van der Waals surface area contributed by atoms with Gasteiger partial charge in [-0.25, -0.2) is 0 Å². The second kappa shape index (κ2) is 10.5. The van der Waals surface area contributed by atoms with Gasteiger partial charge in [0.25, 0.3) is 0 Å². The predicted octanol–water partition coefficient (Wildman–Crippen LogP) is 5.00. The number of hydrogen-bond acceptors (Lipinski definition) is 2. The molecule has 2 aromatic rings. The van der Waals surface area contributed by atoms with Gasteiger partial charge in [-0.05, 0) is 74.4 Å². The van der Waals surface area contributed by atoms with Crippen LogP contribution < -0.4 is 4.74 Å². The highest BCUT2D eigenvalue weighted by atomic mass is 35.5. The summed E-state index contributed by atoms with van der Waals surface area (Å²) in [4.78, 5) is 2.63. The lowest BCUT2D eigenvalue weighted by Gasteiger charge is -2.32. The summed E-state index contributed by atoms with van der Waals surface area (Å²) in [6, 6.07) is 19.4. The zero-order valence-electron chi connectivity index (χ0n) is 15.2. The summed E-state index contributed by atoms with van der Waals surface area (Å²) >= 11 is 0. The molecule has 2 aromatic carbocycles. The molecule has 0 atom stereocenters. The molecule has 2 nitrogen and oxygen atoms in total. The van der Waals surface area contributed by atoms with Crippen LogP contribution in [0.3, 0.4) is 0 Å². The maximum Gasteiger partial charge on any atom is 0.118 e. The Morgan fingerprint density at radius 1 is 0.880 bits per heavy atom. The summed E-state index contributed by atoms with van der Waals surface area (Å²) in [6.07, 6.45) is 6.43. The van der Waals surface area contributed by atoms with E-state index in [-0.39, 0.29) is 12.4 Å². The largest absolute Gasteiger partial charge is 0.497 e. The molecule has 1 aliphatic heterocycles. The third kappa shape index (κ3) is 6.37. The second-order valence-electron chi connectivity index (χ2n) is 6.91. The number of nitrogens with zero attached hydrogens (tertiary/aromatic N) is 1. The topological polar surface area (TPSA) is 12.5 Å². The molecule has 1 heterocycles. The first-order chi connectivity index (χ1) is 11.8. The van der Waals surface area contributed by atoms with Gasteiger partial charge < -0.3 is 9.64 Å². The number of halogens is 1. The van der Waals surface area contributed by atoms with Crippen molar-refractivity contribution in [3.8, 4) is 5.75 Å². The van der Waals surface area contributed by atoms with Crippen molar-refractivity contribution in [1.82, 2.24) is 4.90 Å². The molecular weight excluding hydrogens is 330 g/mol. The normalized spacial score (nSPS) is 15.6. The Hall–Kier alpha value is -1.51. The second-order valence-corrected chi connectivity index (χ2v) is 6.91. The first kappa shape index (κ1) is 19.8. The van der Waals surface area contributed by atoms with Crippen molar-refractivity contribution in [2.24, 2.45) is 5.92 Å². The van der Waals surface area contributed by atoms with Crippen LogP contribution in [0.25, 0.3) is 0 Å². The van der Waals surface area contributed by atoms with Crippen molar-refractivity contribution in [1.29, 1.82) is 0 Å². The molecule has 136 valence electrons. The van der Waals surface area contributed by atoms with Crippen LogP contribution in [-0.2, 0) is 12.8 Å². The zero-order chi connectivity index (χ0) is 16.6. The van der Waals surface area contributed by atoms with Crippen LogP contribution >= 0.6 is 12.4 Å². The van der Waals surface area contributed by atoms with Crippen molar-refractivity contribution in [2.75, 3.05) is 26.7 Å². The van der Waals surface area contributed by atoms with Crippen molar-refractivity contribution in [2.45, 2.75) is 32.1 Å². The average Bonchev–Trinajstić information content (AvgIpc) is 2.67. The number of rotatable bonds is 7. The van der Waals surface area contributed by atoms with Gasteiger partial charge in [0.15, 0.2) is 0 Å². The van der Waals surface area contributed by atoms with Crippen LogP contribution in [0.15, 0.2) is 54.6 Å². The third-order valence-corrected chi connectivity index (χ3v) is 5.27. The number of aryl methyl sites for hydroxylation is 1. The molecule has 3 heteroatoms. The number of benzene rings is 2. The van der Waals surface area contributed by atoms with Crippen LogP contribution in [-0.4, -0.2) is 31.6 Å². The molecule has 0 unspecified atom stereocenters. The maximum atomic E-state index is 5.22. The molecule has 0 N–H and O–H groups in total. The van der Waals surface area contributed by atoms with Gasteiger partial charge in [0.1, 0.15) is 5.75 Å². The monoisotopic (exact) mass is 359 g/mol. The van der Waals surface area contributed by atoms with E-state index in [1.54, 1.807) is 7.11 Å². The summed E-state index contributed by atoms with van der Waals surface area (Å²) < 4.78 is 5.22. The first-order valence-corrected chi connectivity index (χ1v) is 9.22. The fourth-order valence-electron chi connectivity index (χ4n) is 3.59. The van der Waals surface area contributed by atoms with Gasteiger partial charge in [-0.3, -0.25) is 0 Å². The molecule has 3 rings (SSSR count). The van der Waals surface area contributed by atoms with Gasteiger partial charge in [0.05, 0.1) is 7.11 Å². The van der Waals surface area contributed by atoms with Gasteiger partial charge in [0, 0.05) is 6.54 Å². The van der Waals surface area contributed by atoms with Crippen LogP contribution in [0.1, 0.15) is 30.4 Å². The minimum absolute atomic E-state index is 0. The van der Waals surface area contributed by atoms with Crippen LogP contribution in [0.5, 0.6) is 5.75 Å². The van der Waals surface area contributed by atoms with Crippen LogP contribution in [0, 0.1) is 5.92 Å². The lowest BCUT2D eigenvalue weighted by Crippen LogP contribution is -2.35. The summed E-state index contributed by atoms with van der Waals surface area (Å²) in [5.41, 5.74) is 2.89. The molecular formula is C22H30ClNO. The van der Waals surface area contributed by atoms with E-state index in [0.29, 0.717) is 0 Å². The molecule has 0 aliphatic carbocycles. The molecule has 0 saturated carbocycles. The Morgan fingerprint density at radius 2 is 1.52 bits per heavy atom. The lowest BCUT2D eigenvalue weighted by molar-refractivity contribution is 0.181. The molecule has 0 radical (unpaired) electrons. The number of likely N-dealkylation sites (tertiary alicyclic amines) is 1. The standard InChI is InChI=1S/C22H29NO.ClH/c1-24-22-11-9-20(10-12-22)13-16-23-17-14-21(15-18-23)8-7-19-5-3-2-4-6-19;/h2-6,9-12,21H,7-8,13-18H2,1H3;1H. The summed E-state index contributed by atoms with van der Waals surface area (Å²) in [5.74, 6) is 1.85. The number of methoxy groups -OCH3 is 1. The van der Waals surface area contributed by atoms with E-state index < -0.39 is 0 Å². The van der Waals surface area contributed by atoms with Gasteiger partial charge in [-0.1, -0.05) is 42.5 Å². The first-order valence-electron chi connectivity index (χ1n) is 9.22. The van der Waals surface area contributed by atoms with Crippen molar-refractivity contribution in [3.63, 3.8) is 0 Å². The number of hydrogen-bond donors (Lipinski definition) is 0. The van der Waals surface area contributed by atoms with Crippen molar-refractivity contribution in [3.05, 3.63) is 65.7 Å². The Balaban J connectivity index is 0.00000225. The maximum absolute atomic E-state index is 5.22. The minimum atomic E-state index is 0. The lowest BCUT2D eigenvalue weighted by atomic mass is 9.90. The van der Waals surface area contributed by atoms with E-state index in [2.05, 4.69) is 59.5 Å². The van der Waals surface area contributed by atoms with Gasteiger partial charge in [-0.15, -0.1) is 12.4 Å². The summed E-state index contributed by atoms with van der Waals surface area (Å²) in [5, 5.41) is 0. The fourth-order valence-corrected chi connectivity index (χ4v) is 3.59. The molecule has 0 amide bonds. The molecule has 1 fully saturated rings. The fraction of sp³-hybridized carbons (Fsp3) is 0.455. The predicted molar refractivity (Wildman–Crippen MR) is 108 cm³/mol. The molecule has 0 aromatic heterocycles. The smallest absolute Gasteiger partial charge is 0.118 e. The summed E-state index contributed by atoms with van der Waals surface area (Å²) in [6.45, 7) is 3.70. The molecule has 1 saturated heterocycles. The van der Waals surface area contributed by atoms with E-state index in [1.165, 1.54) is 56.4 Å². The highest BCUT2D eigenvalue weighted by molar-refractivity contribution is 5.85. The summed E-state index contributed by atoms with van der Waals surface area (Å²) in [7, 11) is 1.72. The average molecular weight is 360 g/mol. The highest BCUT2D eigenvalue weighted by Crippen LogP contribution is 2.22. The quantitative estimate of drug-likeness (QED) is 0.689. The van der Waals surface area contributed by atoms with Gasteiger partial charge in [-0.2, -0.15) is 0 Å². The molecule has 0 bridgehead atoms. The van der Waals surface area contributed by atoms with Crippen LogP contribution in [0.4, 0.5) is 0 Å². The van der Waals surface area contributed by atoms with E-state index in [9.17, 15) is 0 Å². The Morgan fingerprint density at radius 3 is 2.16 bits per heavy atom. The van der Waals surface area contributed by atoms with E-state index in [0.717, 1.165) is 18.1 Å². The van der Waals surface area contributed by atoms with Crippen molar-refractivity contribution < 1.29 is 4.74 Å². The number of piperidine rings is 1. The van der Waals surface area contributed by atoms with E-state index in [4.69, 9.17) is 4.74 Å². The van der Waals surface area contributed by atoms with E-state index in [1.807, 2.05) is 0 Å². The zero-order valence-corrected chi connectivity index (χ0v) is 16.0. The third-order valence-electron chi connectivity index (χ3n) is 5.27. The van der Waals surface area contributed by atoms with Gasteiger partial charge in [0.2, 0.25) is 0 Å². The highest BCUT2D eigenvalue weighted by Gasteiger charge is 2.18. The Kier molecular flexibility index (Phi) is 8.30. The minimum Gasteiger partial charge on any atom is -0.497 e.